The summed E-state index contributed by atoms with van der Waals surface area (Å²) in [5.74, 6) is 0. The second-order valence-corrected chi connectivity index (χ2v) is 7.14. The molecule has 1 heteroatoms. The molecule has 0 saturated heterocycles. The molecular weight excluding hydrogens is 296 g/mol. The van der Waals surface area contributed by atoms with Gasteiger partial charge in [0.15, 0.2) is 0 Å². The summed E-state index contributed by atoms with van der Waals surface area (Å²) >= 11 is 1.87. The largest absolute Gasteiger partial charge is 0.0906 e. The zero-order chi connectivity index (χ0) is 15.8. The molecule has 0 unspecified atom stereocenters. The van der Waals surface area contributed by atoms with E-state index in [1.165, 1.54) is 37.6 Å². The van der Waals surface area contributed by atoms with E-state index >= 15 is 0 Å². The topological polar surface area (TPSA) is 0 Å². The van der Waals surface area contributed by atoms with E-state index in [0.29, 0.717) is 0 Å². The highest BCUT2D eigenvalue weighted by molar-refractivity contribution is 7.99. The van der Waals surface area contributed by atoms with Crippen molar-refractivity contribution in [2.45, 2.75) is 23.1 Å². The molecule has 1 heterocycles. The lowest BCUT2D eigenvalue weighted by Gasteiger charge is -2.20. The quantitative estimate of drug-likeness (QED) is 0.430. The molecule has 23 heavy (non-hydrogen) atoms. The van der Waals surface area contributed by atoms with Gasteiger partial charge in [0.25, 0.3) is 0 Å². The van der Waals surface area contributed by atoms with Crippen LogP contribution in [0.3, 0.4) is 0 Å². The SMILES string of the molecule is C=C(c1cccc(C)c1)c1ccc2c(c1)Cc1ccccc1S2. The highest BCUT2D eigenvalue weighted by Gasteiger charge is 2.16. The normalized spacial score (nSPS) is 12.4. The van der Waals surface area contributed by atoms with Crippen molar-refractivity contribution >= 4 is 17.3 Å². The Morgan fingerprint density at radius 1 is 0.826 bits per heavy atom. The third-order valence-corrected chi connectivity index (χ3v) is 5.59. The van der Waals surface area contributed by atoms with E-state index < -0.39 is 0 Å². The zero-order valence-electron chi connectivity index (χ0n) is 13.2. The van der Waals surface area contributed by atoms with Crippen LogP contribution in [0.25, 0.3) is 5.57 Å². The minimum atomic E-state index is 1.01. The van der Waals surface area contributed by atoms with Gasteiger partial charge in [-0.3, -0.25) is 0 Å². The van der Waals surface area contributed by atoms with Crippen molar-refractivity contribution in [2.24, 2.45) is 0 Å². The van der Waals surface area contributed by atoms with Crippen LogP contribution in [-0.4, -0.2) is 0 Å². The maximum atomic E-state index is 4.32. The molecule has 0 spiro atoms. The van der Waals surface area contributed by atoms with E-state index in [1.807, 2.05) is 11.8 Å². The second-order valence-electron chi connectivity index (χ2n) is 6.06. The second kappa shape index (κ2) is 5.75. The third kappa shape index (κ3) is 2.73. The van der Waals surface area contributed by atoms with Gasteiger partial charge in [-0.15, -0.1) is 0 Å². The van der Waals surface area contributed by atoms with E-state index in [4.69, 9.17) is 0 Å². The first-order valence-corrected chi connectivity index (χ1v) is 8.67. The van der Waals surface area contributed by atoms with Gasteiger partial charge in [0.2, 0.25) is 0 Å². The van der Waals surface area contributed by atoms with Crippen molar-refractivity contribution in [3.8, 4) is 0 Å². The molecular formula is C22H18S. The molecule has 0 fully saturated rings. The van der Waals surface area contributed by atoms with Gasteiger partial charge in [0.1, 0.15) is 0 Å². The number of fused-ring (bicyclic) bond motifs is 2. The van der Waals surface area contributed by atoms with Crippen molar-refractivity contribution in [3.63, 3.8) is 0 Å². The number of aryl methyl sites for hydroxylation is 1. The Morgan fingerprint density at radius 3 is 2.48 bits per heavy atom. The predicted molar refractivity (Wildman–Crippen MR) is 99.1 cm³/mol. The predicted octanol–water partition coefficient (Wildman–Crippen LogP) is 6.11. The first-order valence-electron chi connectivity index (χ1n) is 7.86. The maximum Gasteiger partial charge on any atom is 0.0158 e. The molecule has 4 rings (SSSR count). The summed E-state index contributed by atoms with van der Waals surface area (Å²) in [4.78, 5) is 2.75. The van der Waals surface area contributed by atoms with Crippen molar-refractivity contribution in [3.05, 3.63) is 101 Å². The van der Waals surface area contributed by atoms with Gasteiger partial charge in [-0.05, 0) is 59.4 Å². The van der Waals surface area contributed by atoms with Gasteiger partial charge in [0, 0.05) is 9.79 Å². The number of hydrogen-bond donors (Lipinski definition) is 0. The average Bonchev–Trinajstić information content (AvgIpc) is 2.59. The average molecular weight is 314 g/mol. The van der Waals surface area contributed by atoms with Gasteiger partial charge in [-0.2, -0.15) is 0 Å². The molecule has 1 aliphatic rings. The van der Waals surface area contributed by atoms with Crippen LogP contribution in [0.2, 0.25) is 0 Å². The fraction of sp³-hybridized carbons (Fsp3) is 0.0909. The molecule has 3 aromatic rings. The van der Waals surface area contributed by atoms with Crippen molar-refractivity contribution in [1.82, 2.24) is 0 Å². The highest BCUT2D eigenvalue weighted by Crippen LogP contribution is 2.40. The Morgan fingerprint density at radius 2 is 1.61 bits per heavy atom. The molecule has 0 saturated carbocycles. The fourth-order valence-corrected chi connectivity index (χ4v) is 4.13. The summed E-state index contributed by atoms with van der Waals surface area (Å²) < 4.78 is 0. The van der Waals surface area contributed by atoms with Crippen molar-refractivity contribution < 1.29 is 0 Å². The van der Waals surface area contributed by atoms with E-state index in [1.54, 1.807) is 0 Å². The number of rotatable bonds is 2. The van der Waals surface area contributed by atoms with Crippen LogP contribution in [0.4, 0.5) is 0 Å². The molecule has 0 amide bonds. The first kappa shape index (κ1) is 14.3. The van der Waals surface area contributed by atoms with Gasteiger partial charge in [-0.1, -0.05) is 72.4 Å². The van der Waals surface area contributed by atoms with Crippen LogP contribution in [0.5, 0.6) is 0 Å². The summed E-state index contributed by atoms with van der Waals surface area (Å²) in [6.45, 7) is 6.44. The van der Waals surface area contributed by atoms with Gasteiger partial charge >= 0.3 is 0 Å². The van der Waals surface area contributed by atoms with Gasteiger partial charge in [-0.25, -0.2) is 0 Å². The van der Waals surface area contributed by atoms with Crippen LogP contribution in [0, 0.1) is 6.92 Å². The fourth-order valence-electron chi connectivity index (χ4n) is 3.08. The molecule has 0 atom stereocenters. The Bertz CT molecular complexity index is 905. The third-order valence-electron chi connectivity index (χ3n) is 4.35. The lowest BCUT2D eigenvalue weighted by molar-refractivity contribution is 1.05. The number of hydrogen-bond acceptors (Lipinski definition) is 1. The van der Waals surface area contributed by atoms with E-state index in [0.717, 1.165) is 12.0 Å². The Balaban J connectivity index is 1.70. The number of benzene rings is 3. The minimum absolute atomic E-state index is 1.01. The van der Waals surface area contributed by atoms with Gasteiger partial charge < -0.3 is 0 Å². The Hall–Kier alpha value is -2.25. The molecule has 1 aliphatic heterocycles. The molecule has 0 N–H and O–H groups in total. The van der Waals surface area contributed by atoms with E-state index in [9.17, 15) is 0 Å². The molecule has 0 radical (unpaired) electrons. The lowest BCUT2D eigenvalue weighted by Crippen LogP contribution is -2.00. The molecule has 3 aromatic carbocycles. The van der Waals surface area contributed by atoms with Crippen LogP contribution in [0.15, 0.2) is 83.1 Å². The molecule has 0 aromatic heterocycles. The molecule has 0 aliphatic carbocycles. The Labute approximate surface area is 141 Å². The van der Waals surface area contributed by atoms with Crippen molar-refractivity contribution in [2.75, 3.05) is 0 Å². The monoisotopic (exact) mass is 314 g/mol. The standard InChI is InChI=1S/C22H18S/c1-15-6-5-8-17(12-15)16(2)18-10-11-22-20(13-18)14-19-7-3-4-9-21(19)23-22/h3-13H,2,14H2,1H3. The summed E-state index contributed by atoms with van der Waals surface area (Å²) in [5.41, 5.74) is 7.61. The lowest BCUT2D eigenvalue weighted by atomic mass is 9.95. The summed E-state index contributed by atoms with van der Waals surface area (Å²) in [5, 5.41) is 0. The summed E-state index contributed by atoms with van der Waals surface area (Å²) in [6, 6.07) is 24.0. The Kier molecular flexibility index (Phi) is 3.59. The zero-order valence-corrected chi connectivity index (χ0v) is 14.0. The van der Waals surface area contributed by atoms with E-state index in [-0.39, 0.29) is 0 Å². The minimum Gasteiger partial charge on any atom is -0.0906 e. The smallest absolute Gasteiger partial charge is 0.0158 e. The summed E-state index contributed by atoms with van der Waals surface area (Å²) in [6.07, 6.45) is 1.01. The maximum absolute atomic E-state index is 4.32. The van der Waals surface area contributed by atoms with Crippen LogP contribution in [0.1, 0.15) is 27.8 Å². The van der Waals surface area contributed by atoms with Crippen LogP contribution < -0.4 is 0 Å². The first-order chi connectivity index (χ1) is 11.2. The highest BCUT2D eigenvalue weighted by atomic mass is 32.2. The van der Waals surface area contributed by atoms with Crippen LogP contribution >= 0.6 is 11.8 Å². The van der Waals surface area contributed by atoms with E-state index in [2.05, 4.69) is 80.2 Å². The van der Waals surface area contributed by atoms with Crippen LogP contribution in [-0.2, 0) is 6.42 Å². The molecule has 0 bridgehead atoms. The summed E-state index contributed by atoms with van der Waals surface area (Å²) in [7, 11) is 0. The molecule has 112 valence electrons. The van der Waals surface area contributed by atoms with Crippen molar-refractivity contribution in [1.29, 1.82) is 0 Å². The van der Waals surface area contributed by atoms with Gasteiger partial charge in [0.05, 0.1) is 0 Å². The molecule has 0 nitrogen and oxygen atoms in total.